The molecule has 3 heterocycles. The van der Waals surface area contributed by atoms with Gasteiger partial charge in [0.15, 0.2) is 0 Å². The molecule has 26 heavy (non-hydrogen) atoms. The molecule has 1 aromatic heterocycles. The molecule has 6 nitrogen and oxygen atoms in total. The van der Waals surface area contributed by atoms with E-state index in [1.165, 1.54) is 11.3 Å². The summed E-state index contributed by atoms with van der Waals surface area (Å²) in [5.41, 5.74) is 0. The first kappa shape index (κ1) is 19.0. The average Bonchev–Trinajstić information content (AvgIpc) is 3.26. The van der Waals surface area contributed by atoms with Crippen molar-refractivity contribution < 1.29 is 19.1 Å². The lowest BCUT2D eigenvalue weighted by Crippen LogP contribution is -2.49. The van der Waals surface area contributed by atoms with Gasteiger partial charge in [-0.3, -0.25) is 9.69 Å². The summed E-state index contributed by atoms with van der Waals surface area (Å²) in [6.45, 7) is 6.46. The van der Waals surface area contributed by atoms with Gasteiger partial charge >= 0.3 is 6.09 Å². The quantitative estimate of drug-likeness (QED) is 0.723. The van der Waals surface area contributed by atoms with Crippen molar-refractivity contribution in [1.82, 2.24) is 9.80 Å². The molecule has 2 aliphatic heterocycles. The van der Waals surface area contributed by atoms with E-state index in [0.717, 1.165) is 32.1 Å². The van der Waals surface area contributed by atoms with Crippen molar-refractivity contribution in [3.05, 3.63) is 16.3 Å². The fraction of sp³-hybridized carbons (Fsp3) is 0.684. The van der Waals surface area contributed by atoms with Gasteiger partial charge in [-0.15, -0.1) is 11.3 Å². The predicted octanol–water partition coefficient (Wildman–Crippen LogP) is 3.76. The Hall–Kier alpha value is -1.76. The molecule has 0 radical (unpaired) electrons. The minimum Gasteiger partial charge on any atom is -0.492 e. The number of carbonyl (C=O) groups excluding carboxylic acids is 2. The summed E-state index contributed by atoms with van der Waals surface area (Å²) >= 11 is 1.43. The topological polar surface area (TPSA) is 59.1 Å². The minimum atomic E-state index is -0.187. The summed E-state index contributed by atoms with van der Waals surface area (Å²) in [6, 6.07) is 2.22. The van der Waals surface area contributed by atoms with Gasteiger partial charge in [-0.1, -0.05) is 19.8 Å². The molecule has 1 aromatic rings. The highest BCUT2D eigenvalue weighted by Crippen LogP contribution is 2.30. The molecule has 1 unspecified atom stereocenters. The van der Waals surface area contributed by atoms with Crippen molar-refractivity contribution in [2.75, 3.05) is 26.3 Å². The van der Waals surface area contributed by atoms with Crippen LogP contribution in [0.1, 0.15) is 55.6 Å². The summed E-state index contributed by atoms with van der Waals surface area (Å²) in [6.07, 6.45) is 4.64. The number of piperidine rings is 1. The van der Waals surface area contributed by atoms with Gasteiger partial charge in [-0.25, -0.2) is 4.79 Å². The fourth-order valence-corrected chi connectivity index (χ4v) is 4.59. The molecule has 7 heteroatoms. The van der Waals surface area contributed by atoms with Crippen LogP contribution in [-0.4, -0.2) is 60.2 Å². The van der Waals surface area contributed by atoms with Crippen molar-refractivity contribution in [3.8, 4) is 5.75 Å². The molecule has 0 saturated carbocycles. The molecule has 3 rings (SSSR count). The van der Waals surface area contributed by atoms with E-state index in [-0.39, 0.29) is 24.1 Å². The average molecular weight is 381 g/mol. The fourth-order valence-electron chi connectivity index (χ4n) is 3.79. The van der Waals surface area contributed by atoms with Gasteiger partial charge in [-0.05, 0) is 37.6 Å². The lowest BCUT2D eigenvalue weighted by Gasteiger charge is -2.37. The number of ether oxygens (including phenoxy) is 2. The zero-order valence-electron chi connectivity index (χ0n) is 15.6. The molecule has 2 amide bonds. The molecule has 0 aliphatic carbocycles. The van der Waals surface area contributed by atoms with Gasteiger partial charge < -0.3 is 14.4 Å². The molecule has 2 fully saturated rings. The molecule has 2 aliphatic rings. The molecule has 2 saturated heterocycles. The molecule has 0 spiro atoms. The lowest BCUT2D eigenvalue weighted by atomic mass is 10.00. The summed E-state index contributed by atoms with van der Waals surface area (Å²) in [5, 5.41) is 1.89. The van der Waals surface area contributed by atoms with E-state index in [1.54, 1.807) is 0 Å². The Morgan fingerprint density at radius 3 is 2.81 bits per heavy atom. The Kier molecular flexibility index (Phi) is 6.40. The van der Waals surface area contributed by atoms with Crippen molar-refractivity contribution in [3.63, 3.8) is 0 Å². The van der Waals surface area contributed by atoms with E-state index in [2.05, 4.69) is 6.92 Å². The molecular weight excluding hydrogens is 352 g/mol. The molecule has 0 bridgehead atoms. The number of hydrogen-bond acceptors (Lipinski definition) is 5. The first-order chi connectivity index (χ1) is 12.7. The maximum absolute atomic E-state index is 12.8. The van der Waals surface area contributed by atoms with Crippen molar-refractivity contribution in [1.29, 1.82) is 0 Å². The Bertz CT molecular complexity index is 625. The zero-order chi connectivity index (χ0) is 18.5. The minimum absolute atomic E-state index is 0.0356. The van der Waals surface area contributed by atoms with Crippen LogP contribution in [0.4, 0.5) is 4.79 Å². The standard InChI is InChI=1S/C19H28N2O4S/c1-3-5-6-15-13-25-19(23)21(15)14-7-10-20(11-8-14)18(22)17-16(24-4-2)9-12-26-17/h9,12,14-15H,3-8,10-11,13H2,1-2H3. The van der Waals surface area contributed by atoms with Gasteiger partial charge in [0, 0.05) is 19.1 Å². The second-order valence-electron chi connectivity index (χ2n) is 6.85. The van der Waals surface area contributed by atoms with Crippen LogP contribution >= 0.6 is 11.3 Å². The van der Waals surface area contributed by atoms with Crippen molar-refractivity contribution >= 4 is 23.3 Å². The third kappa shape index (κ3) is 3.98. The highest BCUT2D eigenvalue weighted by molar-refractivity contribution is 7.12. The molecule has 0 aromatic carbocycles. The van der Waals surface area contributed by atoms with Crippen LogP contribution in [0, 0.1) is 0 Å². The van der Waals surface area contributed by atoms with E-state index < -0.39 is 0 Å². The SMILES string of the molecule is CCCCC1COC(=O)N1C1CCN(C(=O)c2sccc2OCC)CC1. The third-order valence-corrected chi connectivity index (χ3v) is 6.05. The zero-order valence-corrected chi connectivity index (χ0v) is 16.4. The number of rotatable bonds is 7. The first-order valence-electron chi connectivity index (χ1n) is 9.60. The Labute approximate surface area is 159 Å². The molecule has 0 N–H and O–H groups in total. The van der Waals surface area contributed by atoms with Crippen LogP contribution in [0.2, 0.25) is 0 Å². The number of likely N-dealkylation sites (tertiary alicyclic amines) is 1. The number of nitrogens with zero attached hydrogens (tertiary/aromatic N) is 2. The van der Waals surface area contributed by atoms with E-state index in [9.17, 15) is 9.59 Å². The number of thiophene rings is 1. The largest absolute Gasteiger partial charge is 0.492 e. The van der Waals surface area contributed by atoms with Gasteiger partial charge in [0.1, 0.15) is 17.2 Å². The molecule has 1 atom stereocenters. The van der Waals surface area contributed by atoms with Gasteiger partial charge in [-0.2, -0.15) is 0 Å². The van der Waals surface area contributed by atoms with Gasteiger partial charge in [0.25, 0.3) is 5.91 Å². The second kappa shape index (κ2) is 8.75. The number of cyclic esters (lactones) is 1. The van der Waals surface area contributed by atoms with Crippen molar-refractivity contribution in [2.45, 2.75) is 58.0 Å². The van der Waals surface area contributed by atoms with Crippen LogP contribution in [0.15, 0.2) is 11.4 Å². The Morgan fingerprint density at radius 1 is 1.35 bits per heavy atom. The third-order valence-electron chi connectivity index (χ3n) is 5.16. The van der Waals surface area contributed by atoms with E-state index in [4.69, 9.17) is 9.47 Å². The smallest absolute Gasteiger partial charge is 0.410 e. The van der Waals surface area contributed by atoms with E-state index in [1.807, 2.05) is 28.2 Å². The van der Waals surface area contributed by atoms with E-state index >= 15 is 0 Å². The summed E-state index contributed by atoms with van der Waals surface area (Å²) < 4.78 is 10.8. The Balaban J connectivity index is 1.59. The van der Waals surface area contributed by atoms with E-state index in [0.29, 0.717) is 36.9 Å². The molecule has 144 valence electrons. The number of amides is 2. The maximum atomic E-state index is 12.8. The van der Waals surface area contributed by atoms with Crippen molar-refractivity contribution in [2.24, 2.45) is 0 Å². The van der Waals surface area contributed by atoms with Crippen LogP contribution in [0.5, 0.6) is 5.75 Å². The van der Waals surface area contributed by atoms with Crippen LogP contribution in [0.25, 0.3) is 0 Å². The van der Waals surface area contributed by atoms with Crippen LogP contribution in [-0.2, 0) is 4.74 Å². The van der Waals surface area contributed by atoms with Crippen LogP contribution in [0.3, 0.4) is 0 Å². The van der Waals surface area contributed by atoms with Crippen LogP contribution < -0.4 is 4.74 Å². The maximum Gasteiger partial charge on any atom is 0.410 e. The predicted molar refractivity (Wildman–Crippen MR) is 101 cm³/mol. The lowest BCUT2D eigenvalue weighted by molar-refractivity contribution is 0.0635. The second-order valence-corrected chi connectivity index (χ2v) is 7.77. The summed E-state index contributed by atoms with van der Waals surface area (Å²) in [4.78, 5) is 29.5. The number of carbonyl (C=O) groups is 2. The number of hydrogen-bond donors (Lipinski definition) is 0. The summed E-state index contributed by atoms with van der Waals surface area (Å²) in [7, 11) is 0. The first-order valence-corrected chi connectivity index (χ1v) is 10.5. The molecular formula is C19H28N2O4S. The monoisotopic (exact) mass is 380 g/mol. The number of unbranched alkanes of at least 4 members (excludes halogenated alkanes) is 1. The van der Waals surface area contributed by atoms with Gasteiger partial charge in [0.05, 0.1) is 12.6 Å². The van der Waals surface area contributed by atoms with Gasteiger partial charge in [0.2, 0.25) is 0 Å². The highest BCUT2D eigenvalue weighted by atomic mass is 32.1. The Morgan fingerprint density at radius 2 is 2.12 bits per heavy atom. The summed E-state index contributed by atoms with van der Waals surface area (Å²) in [5.74, 6) is 0.709. The highest BCUT2D eigenvalue weighted by Gasteiger charge is 2.39. The normalized spacial score (nSPS) is 21.2.